The Morgan fingerprint density at radius 2 is 1.06 bits per heavy atom. The normalized spacial score (nSPS) is 20.0. The molecule has 10 nitrogen and oxygen atoms in total. The first-order valence-corrected chi connectivity index (χ1v) is 11.6. The van der Waals surface area contributed by atoms with Crippen molar-refractivity contribution >= 4 is 35.0 Å². The van der Waals surface area contributed by atoms with Crippen LogP contribution in [0.15, 0.2) is 73.1 Å². The number of carbonyl (C=O) groups excluding carboxylic acids is 4. The SMILES string of the molecule is O=C1CC(NCc2ccccn2)C(=O)N1c1ccc(N2C(=O)CC(NCc3ccccn3)C2=O)cc1. The zero-order chi connectivity index (χ0) is 25.1. The first-order valence-electron chi connectivity index (χ1n) is 11.6. The zero-order valence-corrected chi connectivity index (χ0v) is 19.3. The number of pyridine rings is 2. The van der Waals surface area contributed by atoms with E-state index in [1.165, 1.54) is 0 Å². The molecule has 182 valence electrons. The number of nitrogens with one attached hydrogen (secondary N) is 2. The second kappa shape index (κ2) is 10.1. The summed E-state index contributed by atoms with van der Waals surface area (Å²) in [4.78, 5) is 61.7. The lowest BCUT2D eigenvalue weighted by atomic mass is 10.2. The molecule has 4 amide bonds. The van der Waals surface area contributed by atoms with Gasteiger partial charge in [0.15, 0.2) is 0 Å². The molecule has 2 aromatic heterocycles. The highest BCUT2D eigenvalue weighted by Gasteiger charge is 2.41. The molecule has 0 spiro atoms. The summed E-state index contributed by atoms with van der Waals surface area (Å²) in [5.41, 5.74) is 2.32. The largest absolute Gasteiger partial charge is 0.300 e. The van der Waals surface area contributed by atoms with Gasteiger partial charge in [0.25, 0.3) is 11.8 Å². The summed E-state index contributed by atoms with van der Waals surface area (Å²) >= 11 is 0. The minimum Gasteiger partial charge on any atom is -0.300 e. The monoisotopic (exact) mass is 484 g/mol. The molecule has 2 unspecified atom stereocenters. The number of imide groups is 2. The standard InChI is InChI=1S/C26H24N6O4/c33-23-13-21(29-15-17-5-1-3-11-27-17)25(35)31(23)19-7-9-20(10-8-19)32-24(34)14-22(26(32)36)30-16-18-6-2-4-12-28-18/h1-12,21-22,29-30H,13-16H2. The van der Waals surface area contributed by atoms with Gasteiger partial charge < -0.3 is 0 Å². The minimum absolute atomic E-state index is 0.0418. The van der Waals surface area contributed by atoms with Crippen LogP contribution in [-0.4, -0.2) is 45.7 Å². The summed E-state index contributed by atoms with van der Waals surface area (Å²) in [6.07, 6.45) is 3.42. The maximum Gasteiger partial charge on any atom is 0.251 e. The van der Waals surface area contributed by atoms with E-state index in [0.29, 0.717) is 24.5 Å². The van der Waals surface area contributed by atoms with Crippen molar-refractivity contribution in [1.82, 2.24) is 20.6 Å². The fraction of sp³-hybridized carbons (Fsp3) is 0.231. The van der Waals surface area contributed by atoms with Crippen LogP contribution >= 0.6 is 0 Å². The van der Waals surface area contributed by atoms with Crippen LogP contribution in [-0.2, 0) is 32.3 Å². The lowest BCUT2D eigenvalue weighted by molar-refractivity contribution is -0.123. The van der Waals surface area contributed by atoms with Crippen LogP contribution in [0.1, 0.15) is 24.2 Å². The van der Waals surface area contributed by atoms with Crippen molar-refractivity contribution < 1.29 is 19.2 Å². The van der Waals surface area contributed by atoms with E-state index in [1.54, 1.807) is 48.8 Å². The molecule has 1 aromatic carbocycles. The Morgan fingerprint density at radius 1 is 0.639 bits per heavy atom. The molecule has 2 aliphatic heterocycles. The molecule has 2 N–H and O–H groups in total. The Morgan fingerprint density at radius 3 is 1.42 bits per heavy atom. The van der Waals surface area contributed by atoms with E-state index in [-0.39, 0.29) is 36.5 Å². The van der Waals surface area contributed by atoms with Gasteiger partial charge in [-0.3, -0.25) is 39.8 Å². The Kier molecular flexibility index (Phi) is 6.61. The third-order valence-electron chi connectivity index (χ3n) is 6.17. The van der Waals surface area contributed by atoms with Crippen molar-refractivity contribution in [3.8, 4) is 0 Å². The number of rotatable bonds is 8. The number of anilines is 2. The Balaban J connectivity index is 1.23. The summed E-state index contributed by atoms with van der Waals surface area (Å²) in [7, 11) is 0. The molecule has 0 aliphatic carbocycles. The van der Waals surface area contributed by atoms with Crippen LogP contribution < -0.4 is 20.4 Å². The lowest BCUT2D eigenvalue weighted by Crippen LogP contribution is -2.39. The van der Waals surface area contributed by atoms with Crippen LogP contribution in [0, 0.1) is 0 Å². The third-order valence-corrected chi connectivity index (χ3v) is 6.17. The van der Waals surface area contributed by atoms with Gasteiger partial charge in [-0.1, -0.05) is 12.1 Å². The third kappa shape index (κ3) is 4.77. The fourth-order valence-electron chi connectivity index (χ4n) is 4.34. The maximum absolute atomic E-state index is 12.9. The van der Waals surface area contributed by atoms with Crippen LogP contribution in [0.4, 0.5) is 11.4 Å². The van der Waals surface area contributed by atoms with Gasteiger partial charge in [-0.2, -0.15) is 0 Å². The van der Waals surface area contributed by atoms with Crippen molar-refractivity contribution in [2.45, 2.75) is 38.0 Å². The number of aromatic nitrogens is 2. The molecule has 0 saturated carbocycles. The van der Waals surface area contributed by atoms with Gasteiger partial charge in [0, 0.05) is 25.5 Å². The number of nitrogens with zero attached hydrogens (tertiary/aromatic N) is 4. The van der Waals surface area contributed by atoms with Crippen molar-refractivity contribution in [3.05, 3.63) is 84.4 Å². The Hall–Kier alpha value is -4.28. The Labute approximate surface area is 207 Å². The topological polar surface area (TPSA) is 125 Å². The second-order valence-electron chi connectivity index (χ2n) is 8.57. The van der Waals surface area contributed by atoms with Crippen LogP contribution in [0.3, 0.4) is 0 Å². The molecule has 36 heavy (non-hydrogen) atoms. The smallest absolute Gasteiger partial charge is 0.251 e. The molecule has 3 aromatic rings. The van der Waals surface area contributed by atoms with Crippen LogP contribution in [0.5, 0.6) is 0 Å². The average molecular weight is 485 g/mol. The van der Waals surface area contributed by atoms with Gasteiger partial charge in [-0.25, -0.2) is 9.80 Å². The zero-order valence-electron chi connectivity index (χ0n) is 19.3. The van der Waals surface area contributed by atoms with Crippen molar-refractivity contribution in [2.75, 3.05) is 9.80 Å². The van der Waals surface area contributed by atoms with E-state index in [4.69, 9.17) is 0 Å². The molecule has 0 bridgehead atoms. The molecule has 5 rings (SSSR count). The highest BCUT2D eigenvalue weighted by molar-refractivity contribution is 6.24. The fourth-order valence-corrected chi connectivity index (χ4v) is 4.34. The van der Waals surface area contributed by atoms with Gasteiger partial charge >= 0.3 is 0 Å². The molecule has 2 saturated heterocycles. The predicted octanol–water partition coefficient (Wildman–Crippen LogP) is 1.32. The molecule has 10 heteroatoms. The van der Waals surface area contributed by atoms with Gasteiger partial charge in [0.2, 0.25) is 11.8 Å². The first-order chi connectivity index (χ1) is 17.5. The molecule has 0 radical (unpaired) electrons. The average Bonchev–Trinajstić information content (AvgIpc) is 3.35. The summed E-state index contributed by atoms with van der Waals surface area (Å²) in [5.74, 6) is -1.34. The lowest BCUT2D eigenvalue weighted by Gasteiger charge is -2.19. The molecule has 2 fully saturated rings. The quantitative estimate of drug-likeness (QED) is 0.459. The maximum atomic E-state index is 12.9. The highest BCUT2D eigenvalue weighted by atomic mass is 16.2. The van der Waals surface area contributed by atoms with Gasteiger partial charge in [-0.05, 0) is 48.5 Å². The van der Waals surface area contributed by atoms with Crippen LogP contribution in [0.2, 0.25) is 0 Å². The second-order valence-corrected chi connectivity index (χ2v) is 8.57. The van der Waals surface area contributed by atoms with E-state index in [1.807, 2.05) is 24.3 Å². The van der Waals surface area contributed by atoms with Gasteiger partial charge in [0.05, 0.1) is 47.7 Å². The summed E-state index contributed by atoms with van der Waals surface area (Å²) in [6.45, 7) is 0.734. The molecule has 2 aliphatic rings. The summed E-state index contributed by atoms with van der Waals surface area (Å²) < 4.78 is 0. The molecular formula is C26H24N6O4. The number of benzene rings is 1. The molecular weight excluding hydrogens is 460 g/mol. The summed E-state index contributed by atoms with van der Waals surface area (Å²) in [5, 5.41) is 6.18. The van der Waals surface area contributed by atoms with Crippen molar-refractivity contribution in [1.29, 1.82) is 0 Å². The minimum atomic E-state index is -0.646. The predicted molar refractivity (Wildman–Crippen MR) is 130 cm³/mol. The number of carbonyl (C=O) groups is 4. The van der Waals surface area contributed by atoms with E-state index in [0.717, 1.165) is 21.2 Å². The highest BCUT2D eigenvalue weighted by Crippen LogP contribution is 2.28. The number of amides is 4. The number of hydrogen-bond acceptors (Lipinski definition) is 8. The summed E-state index contributed by atoms with van der Waals surface area (Å²) in [6, 6.07) is 16.0. The van der Waals surface area contributed by atoms with E-state index < -0.39 is 12.1 Å². The molecule has 4 heterocycles. The number of hydrogen-bond donors (Lipinski definition) is 2. The van der Waals surface area contributed by atoms with Crippen molar-refractivity contribution in [3.63, 3.8) is 0 Å². The van der Waals surface area contributed by atoms with Crippen molar-refractivity contribution in [2.24, 2.45) is 0 Å². The van der Waals surface area contributed by atoms with Gasteiger partial charge in [0.1, 0.15) is 0 Å². The van der Waals surface area contributed by atoms with Gasteiger partial charge in [-0.15, -0.1) is 0 Å². The van der Waals surface area contributed by atoms with E-state index in [9.17, 15) is 19.2 Å². The Bertz CT molecular complexity index is 1180. The van der Waals surface area contributed by atoms with Crippen LogP contribution in [0.25, 0.3) is 0 Å². The molecule has 2 atom stereocenters. The van der Waals surface area contributed by atoms with E-state index in [2.05, 4.69) is 20.6 Å². The first kappa shape index (κ1) is 23.5. The van der Waals surface area contributed by atoms with E-state index >= 15 is 0 Å².